The molecule has 2 nitrogen and oxygen atoms in total. The summed E-state index contributed by atoms with van der Waals surface area (Å²) in [6.07, 6.45) is 0. The highest BCUT2D eigenvalue weighted by molar-refractivity contribution is 7.99. The van der Waals surface area contributed by atoms with Crippen LogP contribution >= 0.6 is 11.8 Å². The molecule has 1 spiro atoms. The molecule has 224 valence electrons. The van der Waals surface area contributed by atoms with Crippen LogP contribution in [0.25, 0.3) is 55.8 Å². The normalized spacial score (nSPS) is 13.5. The summed E-state index contributed by atoms with van der Waals surface area (Å²) in [7, 11) is 0. The second-order valence-electron chi connectivity index (χ2n) is 12.5. The lowest BCUT2D eigenvalue weighted by atomic mass is 9.66. The summed E-state index contributed by atoms with van der Waals surface area (Å²) in [5.41, 5.74) is 14.0. The summed E-state index contributed by atoms with van der Waals surface area (Å²) >= 11 is 1.88. The average molecular weight is 629 g/mol. The zero-order valence-corrected chi connectivity index (χ0v) is 26.8. The van der Waals surface area contributed by atoms with Gasteiger partial charge in [-0.15, -0.1) is 0 Å². The van der Waals surface area contributed by atoms with Crippen molar-refractivity contribution in [1.29, 1.82) is 0 Å². The molecule has 7 aromatic carbocycles. The Hall–Kier alpha value is -5.77. The molecule has 10 rings (SSSR count). The summed E-state index contributed by atoms with van der Waals surface area (Å²) in [4.78, 5) is 12.8. The fraction of sp³-hybridized carbons (Fsp3) is 0.0222. The zero-order valence-electron chi connectivity index (χ0n) is 26.0. The maximum Gasteiger partial charge on any atom is 0.160 e. The van der Waals surface area contributed by atoms with Crippen LogP contribution in [0, 0.1) is 0 Å². The Morgan fingerprint density at radius 3 is 1.75 bits per heavy atom. The molecule has 0 N–H and O–H groups in total. The van der Waals surface area contributed by atoms with E-state index < -0.39 is 5.41 Å². The summed E-state index contributed by atoms with van der Waals surface area (Å²) < 4.78 is 0. The van der Waals surface area contributed by atoms with Crippen LogP contribution in [0.2, 0.25) is 0 Å². The van der Waals surface area contributed by atoms with Crippen molar-refractivity contribution >= 4 is 22.7 Å². The summed E-state index contributed by atoms with van der Waals surface area (Å²) in [6.45, 7) is 0. The minimum atomic E-state index is -0.425. The van der Waals surface area contributed by atoms with Crippen LogP contribution in [-0.2, 0) is 5.41 Å². The van der Waals surface area contributed by atoms with Crippen molar-refractivity contribution in [3.05, 3.63) is 192 Å². The van der Waals surface area contributed by atoms with Gasteiger partial charge in [-0.25, -0.2) is 9.97 Å². The third-order valence-corrected chi connectivity index (χ3v) is 11.1. The molecule has 1 aliphatic heterocycles. The lowest BCUT2D eigenvalue weighted by Gasteiger charge is -2.40. The monoisotopic (exact) mass is 628 g/mol. The fourth-order valence-electron chi connectivity index (χ4n) is 7.98. The van der Waals surface area contributed by atoms with E-state index in [0.29, 0.717) is 0 Å². The van der Waals surface area contributed by atoms with Crippen LogP contribution in [0.1, 0.15) is 22.3 Å². The molecule has 8 aromatic rings. The summed E-state index contributed by atoms with van der Waals surface area (Å²) in [5.74, 6) is 0.730. The van der Waals surface area contributed by atoms with E-state index >= 15 is 0 Å². The number of nitrogens with zero attached hydrogens (tertiary/aromatic N) is 2. The smallest absolute Gasteiger partial charge is 0.160 e. The predicted octanol–water partition coefficient (Wildman–Crippen LogP) is 11.5. The third-order valence-electron chi connectivity index (χ3n) is 9.97. The second kappa shape index (κ2) is 10.6. The van der Waals surface area contributed by atoms with Gasteiger partial charge in [0.1, 0.15) is 0 Å². The van der Waals surface area contributed by atoms with Crippen LogP contribution < -0.4 is 0 Å². The number of hydrogen-bond acceptors (Lipinski definition) is 3. The molecule has 0 saturated carbocycles. The van der Waals surface area contributed by atoms with Gasteiger partial charge in [0.05, 0.1) is 16.6 Å². The van der Waals surface area contributed by atoms with Crippen LogP contribution in [0.15, 0.2) is 180 Å². The van der Waals surface area contributed by atoms with Crippen LogP contribution in [0.3, 0.4) is 0 Å². The van der Waals surface area contributed by atoms with E-state index in [1.165, 1.54) is 54.3 Å². The van der Waals surface area contributed by atoms with Crippen molar-refractivity contribution in [3.8, 4) is 44.9 Å². The van der Waals surface area contributed by atoms with Gasteiger partial charge < -0.3 is 0 Å². The Kier molecular flexibility index (Phi) is 6.06. The van der Waals surface area contributed by atoms with Crippen molar-refractivity contribution in [2.75, 3.05) is 0 Å². The highest BCUT2D eigenvalue weighted by atomic mass is 32.2. The lowest BCUT2D eigenvalue weighted by Crippen LogP contribution is -2.32. The lowest BCUT2D eigenvalue weighted by molar-refractivity contribution is 0.724. The molecule has 1 aliphatic carbocycles. The van der Waals surface area contributed by atoms with Gasteiger partial charge in [-0.1, -0.05) is 163 Å². The first-order valence-electron chi connectivity index (χ1n) is 16.3. The molecule has 0 saturated heterocycles. The fourth-order valence-corrected chi connectivity index (χ4v) is 9.17. The van der Waals surface area contributed by atoms with Gasteiger partial charge in [0.2, 0.25) is 0 Å². The van der Waals surface area contributed by atoms with E-state index in [2.05, 4.69) is 158 Å². The highest BCUT2D eigenvalue weighted by Gasteiger charge is 2.51. The Labute approximate surface area is 283 Å². The molecule has 0 bridgehead atoms. The third kappa shape index (κ3) is 3.89. The van der Waals surface area contributed by atoms with E-state index in [1.807, 2.05) is 23.9 Å². The minimum absolute atomic E-state index is 0.425. The van der Waals surface area contributed by atoms with Crippen molar-refractivity contribution < 1.29 is 0 Å². The van der Waals surface area contributed by atoms with E-state index in [9.17, 15) is 0 Å². The zero-order chi connectivity index (χ0) is 31.7. The highest BCUT2D eigenvalue weighted by Crippen LogP contribution is 2.63. The molecule has 2 aliphatic rings. The molecule has 1 aromatic heterocycles. The van der Waals surface area contributed by atoms with Gasteiger partial charge in [0.15, 0.2) is 5.82 Å². The van der Waals surface area contributed by atoms with Crippen molar-refractivity contribution in [3.63, 3.8) is 0 Å². The number of benzene rings is 7. The van der Waals surface area contributed by atoms with Gasteiger partial charge in [0.25, 0.3) is 0 Å². The molecular weight excluding hydrogens is 601 g/mol. The summed E-state index contributed by atoms with van der Waals surface area (Å²) in [5, 5.41) is 1.06. The molecular formula is C45H28N2S. The minimum Gasteiger partial charge on any atom is -0.228 e. The molecule has 0 atom stereocenters. The summed E-state index contributed by atoms with van der Waals surface area (Å²) in [6, 6.07) is 61.3. The first kappa shape index (κ1) is 27.4. The van der Waals surface area contributed by atoms with Gasteiger partial charge in [-0.3, -0.25) is 0 Å². The predicted molar refractivity (Wildman–Crippen MR) is 197 cm³/mol. The number of fused-ring (bicyclic) bond motifs is 10. The Morgan fingerprint density at radius 1 is 0.396 bits per heavy atom. The average Bonchev–Trinajstić information content (AvgIpc) is 3.46. The molecule has 48 heavy (non-hydrogen) atoms. The standard InChI is InChI=1S/C45H28N2S/c1-2-13-30(14-3-1)43-35-16-5-9-22-39(35)46-44(47-43)31-27-25-29(26-28-31)32-17-12-18-34-33-15-4-6-19-36(33)45(42(32)34)37-20-7-10-23-40(37)48-41-24-11-8-21-38(41)45/h1-28H. The van der Waals surface area contributed by atoms with Crippen LogP contribution in [-0.4, -0.2) is 9.97 Å². The van der Waals surface area contributed by atoms with Gasteiger partial charge in [0, 0.05) is 26.3 Å². The molecule has 0 amide bonds. The number of rotatable bonds is 3. The van der Waals surface area contributed by atoms with Gasteiger partial charge >= 0.3 is 0 Å². The van der Waals surface area contributed by atoms with Crippen molar-refractivity contribution in [1.82, 2.24) is 9.97 Å². The van der Waals surface area contributed by atoms with Crippen LogP contribution in [0.4, 0.5) is 0 Å². The molecule has 0 fully saturated rings. The maximum absolute atomic E-state index is 5.13. The number of para-hydroxylation sites is 1. The van der Waals surface area contributed by atoms with Crippen molar-refractivity contribution in [2.24, 2.45) is 0 Å². The first-order valence-corrected chi connectivity index (χ1v) is 17.2. The van der Waals surface area contributed by atoms with Crippen molar-refractivity contribution in [2.45, 2.75) is 15.2 Å². The van der Waals surface area contributed by atoms with E-state index in [-0.39, 0.29) is 0 Å². The molecule has 3 heteroatoms. The first-order chi connectivity index (χ1) is 23.8. The Bertz CT molecular complexity index is 2490. The Balaban J connectivity index is 1.18. The Morgan fingerprint density at radius 2 is 0.979 bits per heavy atom. The van der Waals surface area contributed by atoms with Crippen LogP contribution in [0.5, 0.6) is 0 Å². The van der Waals surface area contributed by atoms with E-state index in [0.717, 1.165) is 33.5 Å². The SMILES string of the molecule is c1ccc(-c2nc(-c3ccc(-c4cccc5c4C4(c6ccccc6Sc6ccccc64)c4ccccc4-5)cc3)nc3ccccc23)cc1. The molecule has 0 unspecified atom stereocenters. The van der Waals surface area contributed by atoms with Gasteiger partial charge in [-0.05, 0) is 62.7 Å². The van der Waals surface area contributed by atoms with E-state index in [4.69, 9.17) is 9.97 Å². The quantitative estimate of drug-likeness (QED) is 0.195. The number of aromatic nitrogens is 2. The topological polar surface area (TPSA) is 25.8 Å². The molecule has 0 radical (unpaired) electrons. The largest absolute Gasteiger partial charge is 0.228 e. The maximum atomic E-state index is 5.13. The molecule has 2 heterocycles. The van der Waals surface area contributed by atoms with E-state index in [1.54, 1.807) is 0 Å². The second-order valence-corrected chi connectivity index (χ2v) is 13.6. The van der Waals surface area contributed by atoms with Gasteiger partial charge in [-0.2, -0.15) is 0 Å². The number of hydrogen-bond donors (Lipinski definition) is 0.